The molecule has 2 rings (SSSR count). The molecule has 142 valence electrons. The van der Waals surface area contributed by atoms with E-state index in [1.165, 1.54) is 23.5 Å². The Bertz CT molecular complexity index is 813. The van der Waals surface area contributed by atoms with Gasteiger partial charge in [-0.05, 0) is 50.3 Å². The van der Waals surface area contributed by atoms with Crippen LogP contribution in [0.1, 0.15) is 12.8 Å². The quantitative estimate of drug-likeness (QED) is 0.671. The van der Waals surface area contributed by atoms with Crippen molar-refractivity contribution >= 4 is 39.7 Å². The van der Waals surface area contributed by atoms with Crippen molar-refractivity contribution in [2.75, 3.05) is 30.3 Å². The van der Waals surface area contributed by atoms with Gasteiger partial charge in [0.05, 0.1) is 10.6 Å². The van der Waals surface area contributed by atoms with E-state index in [1.807, 2.05) is 13.1 Å². The Morgan fingerprint density at radius 3 is 2.42 bits per heavy atom. The van der Waals surface area contributed by atoms with Gasteiger partial charge in [-0.15, -0.1) is 12.4 Å². The highest BCUT2D eigenvalue weighted by Gasteiger charge is 2.21. The second kappa shape index (κ2) is 10.2. The molecule has 0 radical (unpaired) electrons. The maximum absolute atomic E-state index is 12.8. The Balaban J connectivity index is 0.00000338. The molecule has 0 aliphatic rings. The standard InChI is InChI=1S/C18H23N3O3S.ClH/c1-19-13-7-12-18(22)20-15-8-6-11-17(14-15)25(23,24)21(2)16-9-4-3-5-10-16;/h3-6,8-11,14,19H,7,12-13H2,1-2H3,(H,20,22);1H. The number of rotatable bonds is 8. The van der Waals surface area contributed by atoms with Gasteiger partial charge in [0.1, 0.15) is 0 Å². The Morgan fingerprint density at radius 2 is 1.77 bits per heavy atom. The second-order valence-electron chi connectivity index (χ2n) is 5.59. The summed E-state index contributed by atoms with van der Waals surface area (Å²) in [7, 11) is -0.363. The van der Waals surface area contributed by atoms with Crippen molar-refractivity contribution in [3.8, 4) is 0 Å². The molecule has 0 unspecified atom stereocenters. The minimum absolute atomic E-state index is 0. The predicted octanol–water partition coefficient (Wildman–Crippen LogP) is 2.87. The maximum Gasteiger partial charge on any atom is 0.264 e. The van der Waals surface area contributed by atoms with Crippen LogP contribution in [0.2, 0.25) is 0 Å². The minimum Gasteiger partial charge on any atom is -0.326 e. The van der Waals surface area contributed by atoms with E-state index < -0.39 is 10.0 Å². The number of nitrogens with zero attached hydrogens (tertiary/aromatic N) is 1. The molecule has 0 aromatic heterocycles. The smallest absolute Gasteiger partial charge is 0.264 e. The van der Waals surface area contributed by atoms with Gasteiger partial charge in [-0.2, -0.15) is 0 Å². The van der Waals surface area contributed by atoms with Crippen molar-refractivity contribution in [1.29, 1.82) is 0 Å². The number of halogens is 1. The minimum atomic E-state index is -3.70. The summed E-state index contributed by atoms with van der Waals surface area (Å²) in [4.78, 5) is 12.0. The molecule has 0 atom stereocenters. The van der Waals surface area contributed by atoms with Crippen LogP contribution in [0.25, 0.3) is 0 Å². The Morgan fingerprint density at radius 1 is 1.08 bits per heavy atom. The molecule has 0 saturated heterocycles. The number of benzene rings is 2. The number of amides is 1. The number of hydrogen-bond donors (Lipinski definition) is 2. The van der Waals surface area contributed by atoms with Crippen LogP contribution >= 0.6 is 12.4 Å². The fourth-order valence-corrected chi connectivity index (χ4v) is 3.56. The first-order chi connectivity index (χ1) is 11.9. The number of hydrogen-bond acceptors (Lipinski definition) is 4. The summed E-state index contributed by atoms with van der Waals surface area (Å²) in [6.07, 6.45) is 1.10. The van der Waals surface area contributed by atoms with Crippen LogP contribution in [-0.4, -0.2) is 35.0 Å². The van der Waals surface area contributed by atoms with Gasteiger partial charge in [-0.25, -0.2) is 8.42 Å². The van der Waals surface area contributed by atoms with Crippen molar-refractivity contribution in [3.05, 3.63) is 54.6 Å². The monoisotopic (exact) mass is 397 g/mol. The molecule has 0 heterocycles. The van der Waals surface area contributed by atoms with Crippen LogP contribution in [-0.2, 0) is 14.8 Å². The number of anilines is 2. The van der Waals surface area contributed by atoms with E-state index in [2.05, 4.69) is 10.6 Å². The van der Waals surface area contributed by atoms with Gasteiger partial charge in [-0.1, -0.05) is 24.3 Å². The summed E-state index contributed by atoms with van der Waals surface area (Å²) in [6.45, 7) is 0.754. The number of carbonyl (C=O) groups excluding carboxylic acids is 1. The summed E-state index contributed by atoms with van der Waals surface area (Å²) >= 11 is 0. The largest absolute Gasteiger partial charge is 0.326 e. The molecule has 0 saturated carbocycles. The molecule has 1 amide bonds. The summed E-state index contributed by atoms with van der Waals surface area (Å²) in [5.41, 5.74) is 1.04. The van der Waals surface area contributed by atoms with E-state index in [0.29, 0.717) is 17.8 Å². The fourth-order valence-electron chi connectivity index (χ4n) is 2.32. The number of carbonyl (C=O) groups is 1. The van der Waals surface area contributed by atoms with Crippen LogP contribution in [0.15, 0.2) is 59.5 Å². The molecule has 8 heteroatoms. The zero-order valence-electron chi connectivity index (χ0n) is 14.8. The van der Waals surface area contributed by atoms with E-state index in [0.717, 1.165) is 13.0 Å². The van der Waals surface area contributed by atoms with Crippen LogP contribution in [0.4, 0.5) is 11.4 Å². The average molecular weight is 398 g/mol. The maximum atomic E-state index is 12.8. The molecule has 2 aromatic rings. The number of para-hydroxylation sites is 1. The highest BCUT2D eigenvalue weighted by Crippen LogP contribution is 2.23. The zero-order chi connectivity index (χ0) is 18.3. The lowest BCUT2D eigenvalue weighted by atomic mass is 10.2. The predicted molar refractivity (Wildman–Crippen MR) is 108 cm³/mol. The SMILES string of the molecule is CNCCCC(=O)Nc1cccc(S(=O)(=O)N(C)c2ccccc2)c1.Cl. The van der Waals surface area contributed by atoms with Gasteiger partial charge >= 0.3 is 0 Å². The molecule has 0 bridgehead atoms. The van der Waals surface area contributed by atoms with E-state index >= 15 is 0 Å². The first kappa shape index (κ1) is 22.0. The van der Waals surface area contributed by atoms with Gasteiger partial charge in [0, 0.05) is 19.2 Å². The van der Waals surface area contributed by atoms with Gasteiger partial charge in [0.2, 0.25) is 5.91 Å². The van der Waals surface area contributed by atoms with E-state index in [4.69, 9.17) is 0 Å². The first-order valence-electron chi connectivity index (χ1n) is 8.03. The highest BCUT2D eigenvalue weighted by molar-refractivity contribution is 7.92. The Labute approximate surface area is 161 Å². The van der Waals surface area contributed by atoms with Gasteiger partial charge in [0.25, 0.3) is 10.0 Å². The molecular weight excluding hydrogens is 374 g/mol. The van der Waals surface area contributed by atoms with Crippen LogP contribution < -0.4 is 14.9 Å². The Hall–Kier alpha value is -2.09. The van der Waals surface area contributed by atoms with Crippen molar-refractivity contribution in [2.45, 2.75) is 17.7 Å². The summed E-state index contributed by atoms with van der Waals surface area (Å²) < 4.78 is 26.8. The lowest BCUT2D eigenvalue weighted by molar-refractivity contribution is -0.116. The summed E-state index contributed by atoms with van der Waals surface area (Å²) in [6, 6.07) is 15.1. The highest BCUT2D eigenvalue weighted by atomic mass is 35.5. The first-order valence-corrected chi connectivity index (χ1v) is 9.47. The molecule has 0 aliphatic carbocycles. The van der Waals surface area contributed by atoms with E-state index in [-0.39, 0.29) is 23.2 Å². The van der Waals surface area contributed by atoms with Crippen LogP contribution in [0, 0.1) is 0 Å². The molecule has 0 spiro atoms. The van der Waals surface area contributed by atoms with Crippen molar-refractivity contribution in [3.63, 3.8) is 0 Å². The van der Waals surface area contributed by atoms with Crippen LogP contribution in [0.3, 0.4) is 0 Å². The lowest BCUT2D eigenvalue weighted by Gasteiger charge is -2.19. The molecular formula is C18H24ClN3O3S. The van der Waals surface area contributed by atoms with E-state index in [9.17, 15) is 13.2 Å². The van der Waals surface area contributed by atoms with E-state index in [1.54, 1.807) is 36.4 Å². The second-order valence-corrected chi connectivity index (χ2v) is 7.56. The topological polar surface area (TPSA) is 78.5 Å². The fraction of sp³-hybridized carbons (Fsp3) is 0.278. The molecule has 2 N–H and O–H groups in total. The molecule has 2 aromatic carbocycles. The van der Waals surface area contributed by atoms with Crippen LogP contribution in [0.5, 0.6) is 0 Å². The average Bonchev–Trinajstić information content (AvgIpc) is 2.62. The third kappa shape index (κ3) is 5.72. The van der Waals surface area contributed by atoms with Crippen molar-refractivity contribution in [2.24, 2.45) is 0 Å². The normalized spacial score (nSPS) is 10.7. The van der Waals surface area contributed by atoms with Crippen molar-refractivity contribution < 1.29 is 13.2 Å². The summed E-state index contributed by atoms with van der Waals surface area (Å²) in [5, 5.41) is 5.72. The third-order valence-corrected chi connectivity index (χ3v) is 5.51. The molecule has 0 aliphatic heterocycles. The van der Waals surface area contributed by atoms with Gasteiger partial charge in [-0.3, -0.25) is 9.10 Å². The number of sulfonamides is 1. The lowest BCUT2D eigenvalue weighted by Crippen LogP contribution is -2.26. The molecule has 26 heavy (non-hydrogen) atoms. The molecule has 6 nitrogen and oxygen atoms in total. The third-order valence-electron chi connectivity index (χ3n) is 3.73. The number of nitrogens with one attached hydrogen (secondary N) is 2. The van der Waals surface area contributed by atoms with Gasteiger partial charge in [0.15, 0.2) is 0 Å². The van der Waals surface area contributed by atoms with Gasteiger partial charge < -0.3 is 10.6 Å². The van der Waals surface area contributed by atoms with Crippen molar-refractivity contribution in [1.82, 2.24) is 5.32 Å². The molecule has 0 fully saturated rings. The summed E-state index contributed by atoms with van der Waals surface area (Å²) in [5.74, 6) is -0.138. The Kier molecular flexibility index (Phi) is 8.57. The zero-order valence-corrected chi connectivity index (χ0v) is 16.4.